The van der Waals surface area contributed by atoms with E-state index < -0.39 is 26.5 Å². The van der Waals surface area contributed by atoms with E-state index in [4.69, 9.17) is 10.5 Å². The van der Waals surface area contributed by atoms with Gasteiger partial charge in [0.05, 0.1) is 13.2 Å². The standard InChI is InChI=1S/C27H46NO7P/c1-2-3-4-5-6-7-8-9-10-11-12-13-14-15-16-17-18-19-20-21-27(30)33-24-26(29)25-35-36(31,32)34-23-22-28/h3-4,6-7,9-10,12-13,15-16,26,29H,2,5,8,11,14,17-25,28H2,1H3,(H,31,32)/b4-3-,7-6-,10-9-,13-12-,16-15-. The van der Waals surface area contributed by atoms with Gasteiger partial charge in [0.2, 0.25) is 0 Å². The summed E-state index contributed by atoms with van der Waals surface area (Å²) in [6.07, 6.45) is 29.3. The lowest BCUT2D eigenvalue weighted by atomic mass is 10.1. The molecule has 0 bridgehead atoms. The minimum absolute atomic E-state index is 0.0659. The number of carbonyl (C=O) groups excluding carboxylic acids is 1. The van der Waals surface area contributed by atoms with Gasteiger partial charge in [-0.05, 0) is 51.4 Å². The van der Waals surface area contributed by atoms with Crippen molar-refractivity contribution in [2.75, 3.05) is 26.4 Å². The molecule has 206 valence electrons. The molecule has 0 fully saturated rings. The van der Waals surface area contributed by atoms with Gasteiger partial charge in [0, 0.05) is 13.0 Å². The molecule has 0 spiro atoms. The number of phosphoric acid groups is 1. The molecule has 36 heavy (non-hydrogen) atoms. The van der Waals surface area contributed by atoms with Gasteiger partial charge in [-0.1, -0.05) is 74.1 Å². The largest absolute Gasteiger partial charge is 0.472 e. The van der Waals surface area contributed by atoms with Crippen molar-refractivity contribution in [1.29, 1.82) is 0 Å². The van der Waals surface area contributed by atoms with Crippen LogP contribution in [-0.4, -0.2) is 48.4 Å². The lowest BCUT2D eigenvalue weighted by Crippen LogP contribution is -2.23. The van der Waals surface area contributed by atoms with Gasteiger partial charge in [-0.2, -0.15) is 0 Å². The summed E-state index contributed by atoms with van der Waals surface area (Å²) in [5, 5.41) is 9.69. The number of unbranched alkanes of at least 4 members (excludes halogenated alkanes) is 3. The summed E-state index contributed by atoms with van der Waals surface area (Å²) in [6, 6.07) is 0. The van der Waals surface area contributed by atoms with Gasteiger partial charge in [-0.25, -0.2) is 4.57 Å². The first kappa shape index (κ1) is 34.2. The molecule has 0 saturated carbocycles. The Morgan fingerprint density at radius 1 is 0.833 bits per heavy atom. The van der Waals surface area contributed by atoms with Crippen LogP contribution in [0.4, 0.5) is 0 Å². The summed E-state index contributed by atoms with van der Waals surface area (Å²) in [4.78, 5) is 21.0. The Labute approximate surface area is 217 Å². The predicted molar refractivity (Wildman–Crippen MR) is 145 cm³/mol. The van der Waals surface area contributed by atoms with Crippen LogP contribution in [0, 0.1) is 0 Å². The van der Waals surface area contributed by atoms with Crippen molar-refractivity contribution in [3.63, 3.8) is 0 Å². The van der Waals surface area contributed by atoms with E-state index in [0.29, 0.717) is 6.42 Å². The number of phosphoric ester groups is 1. The zero-order valence-corrected chi connectivity index (χ0v) is 22.6. The van der Waals surface area contributed by atoms with E-state index >= 15 is 0 Å². The number of aliphatic hydroxyl groups excluding tert-OH is 1. The van der Waals surface area contributed by atoms with E-state index in [-0.39, 0.29) is 26.2 Å². The fourth-order valence-electron chi connectivity index (χ4n) is 2.77. The van der Waals surface area contributed by atoms with Gasteiger partial charge in [-0.3, -0.25) is 13.8 Å². The second-order valence-corrected chi connectivity index (χ2v) is 9.48. The van der Waals surface area contributed by atoms with E-state index in [1.54, 1.807) is 0 Å². The maximum absolute atomic E-state index is 11.7. The molecule has 0 aliphatic heterocycles. The minimum Gasteiger partial charge on any atom is -0.463 e. The van der Waals surface area contributed by atoms with Crippen LogP contribution in [0.2, 0.25) is 0 Å². The zero-order valence-electron chi connectivity index (χ0n) is 21.7. The van der Waals surface area contributed by atoms with Gasteiger partial charge >= 0.3 is 13.8 Å². The number of nitrogens with two attached hydrogens (primary N) is 1. The molecular formula is C27H46NO7P. The van der Waals surface area contributed by atoms with Crippen LogP contribution in [-0.2, 0) is 23.1 Å². The number of esters is 1. The first-order valence-electron chi connectivity index (χ1n) is 12.8. The van der Waals surface area contributed by atoms with Crippen LogP contribution in [0.25, 0.3) is 0 Å². The van der Waals surface area contributed by atoms with E-state index in [1.165, 1.54) is 0 Å². The first-order chi connectivity index (χ1) is 17.4. The predicted octanol–water partition coefficient (Wildman–Crippen LogP) is 5.68. The van der Waals surface area contributed by atoms with Crippen LogP contribution in [0.15, 0.2) is 60.8 Å². The first-order valence-corrected chi connectivity index (χ1v) is 14.3. The SMILES string of the molecule is CC/C=C\C/C=C\C/C=C\C/C=C\C/C=C\CCCCCC(=O)OCC(O)COP(=O)(O)OCCN. The Kier molecular flexibility index (Phi) is 23.6. The normalized spacial score (nSPS) is 15.1. The third kappa shape index (κ3) is 25.3. The molecule has 0 rings (SSSR count). The average Bonchev–Trinajstić information content (AvgIpc) is 2.86. The molecule has 0 heterocycles. The van der Waals surface area contributed by atoms with Crippen molar-refractivity contribution >= 4 is 13.8 Å². The highest BCUT2D eigenvalue weighted by atomic mass is 31.2. The van der Waals surface area contributed by atoms with Gasteiger partial charge < -0.3 is 20.5 Å². The summed E-state index contributed by atoms with van der Waals surface area (Å²) in [6.45, 7) is 1.27. The van der Waals surface area contributed by atoms with Crippen LogP contribution in [0.5, 0.6) is 0 Å². The van der Waals surface area contributed by atoms with Gasteiger partial charge in [0.15, 0.2) is 0 Å². The molecule has 0 aliphatic rings. The fourth-order valence-corrected chi connectivity index (χ4v) is 3.54. The molecule has 0 amide bonds. The number of ether oxygens (including phenoxy) is 1. The summed E-state index contributed by atoms with van der Waals surface area (Å²) in [5.74, 6) is -0.421. The minimum atomic E-state index is -4.26. The molecule has 0 aromatic carbocycles. The number of hydrogen-bond donors (Lipinski definition) is 3. The number of allylic oxidation sites excluding steroid dienone is 10. The van der Waals surface area contributed by atoms with Crippen molar-refractivity contribution in [2.24, 2.45) is 5.73 Å². The van der Waals surface area contributed by atoms with E-state index in [9.17, 15) is 19.4 Å². The Morgan fingerprint density at radius 3 is 1.94 bits per heavy atom. The lowest BCUT2D eigenvalue weighted by Gasteiger charge is -2.15. The zero-order chi connectivity index (χ0) is 26.7. The number of rotatable bonds is 23. The Bertz CT molecular complexity index is 732. The monoisotopic (exact) mass is 527 g/mol. The second-order valence-electron chi connectivity index (χ2n) is 8.03. The molecular weight excluding hydrogens is 481 g/mol. The van der Waals surface area contributed by atoms with Crippen LogP contribution >= 0.6 is 7.82 Å². The third-order valence-electron chi connectivity index (χ3n) is 4.65. The summed E-state index contributed by atoms with van der Waals surface area (Å²) in [5.41, 5.74) is 5.17. The molecule has 4 N–H and O–H groups in total. The smallest absolute Gasteiger partial charge is 0.463 e. The van der Waals surface area contributed by atoms with Crippen molar-refractivity contribution in [3.05, 3.63) is 60.8 Å². The molecule has 9 heteroatoms. The average molecular weight is 528 g/mol. The van der Waals surface area contributed by atoms with E-state index in [0.717, 1.165) is 51.4 Å². The highest BCUT2D eigenvalue weighted by molar-refractivity contribution is 7.47. The summed E-state index contributed by atoms with van der Waals surface area (Å²) >= 11 is 0. The van der Waals surface area contributed by atoms with Crippen LogP contribution in [0.1, 0.15) is 71.1 Å². The lowest BCUT2D eigenvalue weighted by molar-refractivity contribution is -0.147. The highest BCUT2D eigenvalue weighted by Crippen LogP contribution is 2.42. The van der Waals surface area contributed by atoms with Crippen LogP contribution < -0.4 is 5.73 Å². The fraction of sp³-hybridized carbons (Fsp3) is 0.593. The summed E-state index contributed by atoms with van der Waals surface area (Å²) < 4.78 is 25.5. The van der Waals surface area contributed by atoms with Crippen molar-refractivity contribution in [2.45, 2.75) is 77.2 Å². The molecule has 0 aromatic heterocycles. The molecule has 0 saturated heterocycles. The van der Waals surface area contributed by atoms with Gasteiger partial charge in [0.25, 0.3) is 0 Å². The number of hydrogen-bond acceptors (Lipinski definition) is 7. The molecule has 8 nitrogen and oxygen atoms in total. The Hall–Kier alpha value is -1.80. The van der Waals surface area contributed by atoms with Crippen molar-refractivity contribution < 1.29 is 33.1 Å². The maximum Gasteiger partial charge on any atom is 0.472 e. The van der Waals surface area contributed by atoms with Crippen molar-refractivity contribution in [3.8, 4) is 0 Å². The van der Waals surface area contributed by atoms with Gasteiger partial charge in [-0.15, -0.1) is 0 Å². The van der Waals surface area contributed by atoms with E-state index in [2.05, 4.69) is 76.7 Å². The topological polar surface area (TPSA) is 128 Å². The van der Waals surface area contributed by atoms with Crippen molar-refractivity contribution in [1.82, 2.24) is 0 Å². The Morgan fingerprint density at radius 2 is 1.39 bits per heavy atom. The quantitative estimate of drug-likeness (QED) is 0.0670. The highest BCUT2D eigenvalue weighted by Gasteiger charge is 2.22. The maximum atomic E-state index is 11.7. The molecule has 2 atom stereocenters. The summed E-state index contributed by atoms with van der Waals surface area (Å²) in [7, 11) is -4.26. The second kappa shape index (κ2) is 24.9. The third-order valence-corrected chi connectivity index (χ3v) is 5.63. The Balaban J connectivity index is 3.63. The molecule has 0 aromatic rings. The molecule has 0 aliphatic carbocycles. The van der Waals surface area contributed by atoms with Gasteiger partial charge in [0.1, 0.15) is 12.7 Å². The van der Waals surface area contributed by atoms with E-state index in [1.807, 2.05) is 0 Å². The molecule has 2 unspecified atom stereocenters. The number of carbonyl (C=O) groups is 1. The van der Waals surface area contributed by atoms with Crippen LogP contribution in [0.3, 0.4) is 0 Å². The molecule has 0 radical (unpaired) electrons. The number of aliphatic hydroxyl groups is 1.